The summed E-state index contributed by atoms with van der Waals surface area (Å²) in [6, 6.07) is 5.03. The minimum Gasteiger partial charge on any atom is -0.485 e. The number of thiazole rings is 1. The lowest BCUT2D eigenvalue weighted by Gasteiger charge is -2.68. The molecule has 3 saturated carbocycles. The van der Waals surface area contributed by atoms with E-state index in [4.69, 9.17) is 31.3 Å². The van der Waals surface area contributed by atoms with Crippen LogP contribution in [-0.4, -0.2) is 84.9 Å². The minimum atomic E-state index is -1.69. The second-order valence-corrected chi connectivity index (χ2v) is 14.7. The average Bonchev–Trinajstić information content (AvgIpc) is 3.47. The van der Waals surface area contributed by atoms with Gasteiger partial charge in [-0.25, -0.2) is 9.78 Å². The van der Waals surface area contributed by atoms with Gasteiger partial charge in [0, 0.05) is 23.0 Å². The Hall–Kier alpha value is -3.97. The molecule has 5 aliphatic rings. The number of aliphatic carboxylic acids is 1. The van der Waals surface area contributed by atoms with E-state index in [2.05, 4.69) is 24.7 Å². The standard InChI is InChI=1S/C24H30N6O4S.C6H10N2O4S/c1-13(16-8-35-21(26)29-16)30-34-22(2,20(31)32)18-6-4-14-7-15(3-5-17(14)33-18)19(25)28-12-23-9-24(27,10-23)11-23;1-6(2)4(7-3-9)5(10)8(6)12-13-11/h3,5,7-8,18H,4,6,9-12,27H2,1-2H3,(H2,25,28)(H2,26,29)(H,31,32);3-4,11H,1-2H3,(H,7,9)/b30-13+;. The summed E-state index contributed by atoms with van der Waals surface area (Å²) in [7, 11) is 0. The zero-order chi connectivity index (χ0) is 35.1. The Balaban J connectivity index is 0.000000292. The van der Waals surface area contributed by atoms with Gasteiger partial charge in [-0.1, -0.05) is 5.16 Å². The van der Waals surface area contributed by atoms with Crippen molar-refractivity contribution in [3.05, 3.63) is 40.4 Å². The first-order valence-corrected chi connectivity index (χ1v) is 16.7. The molecule has 2 aromatic rings. The number of aryl methyl sites for hydroxylation is 1. The monoisotopic (exact) mass is 704 g/mol. The van der Waals surface area contributed by atoms with Gasteiger partial charge in [0.05, 0.1) is 5.54 Å². The maximum atomic E-state index is 12.2. The van der Waals surface area contributed by atoms with Crippen molar-refractivity contribution in [2.45, 2.75) is 88.6 Å². The van der Waals surface area contributed by atoms with E-state index < -0.39 is 29.3 Å². The summed E-state index contributed by atoms with van der Waals surface area (Å²) >= 11 is 1.37. The molecule has 3 heterocycles. The number of benzene rings is 1. The van der Waals surface area contributed by atoms with Crippen LogP contribution in [0.15, 0.2) is 33.7 Å². The SMILES string of the molecule is C/C(=N\OC(C)(C(=O)O)C1CCc2cc(C(N)=NCC34CC(N)(C3)C4)ccc2O1)c1csc(N)n1.CC1(C)C(NC=O)C(=O)N1OSO. The van der Waals surface area contributed by atoms with Crippen molar-refractivity contribution in [3.8, 4) is 5.75 Å². The van der Waals surface area contributed by atoms with Crippen LogP contribution in [0.1, 0.15) is 70.2 Å². The van der Waals surface area contributed by atoms with Gasteiger partial charge in [-0.2, -0.15) is 9.35 Å². The summed E-state index contributed by atoms with van der Waals surface area (Å²) in [6.45, 7) is 7.28. The molecule has 1 aromatic heterocycles. The van der Waals surface area contributed by atoms with Crippen molar-refractivity contribution in [2.75, 3.05) is 12.3 Å². The summed E-state index contributed by atoms with van der Waals surface area (Å²) in [4.78, 5) is 47.9. The molecule has 7 rings (SSSR count). The van der Waals surface area contributed by atoms with E-state index in [1.165, 1.54) is 18.3 Å². The number of amidine groups is 1. The third-order valence-corrected chi connectivity index (χ3v) is 10.3. The van der Waals surface area contributed by atoms with Gasteiger partial charge in [0.25, 0.3) is 11.5 Å². The van der Waals surface area contributed by atoms with Crippen molar-refractivity contribution >= 4 is 58.6 Å². The van der Waals surface area contributed by atoms with Crippen molar-refractivity contribution in [2.24, 2.45) is 27.0 Å². The molecule has 4 fully saturated rings. The normalized spacial score (nSPS) is 28.1. The number of oxime groups is 1. The fourth-order valence-corrected chi connectivity index (χ4v) is 7.64. The van der Waals surface area contributed by atoms with Crippen LogP contribution in [0.5, 0.6) is 5.75 Å². The molecule has 2 amide bonds. The van der Waals surface area contributed by atoms with Gasteiger partial charge in [0.1, 0.15) is 29.0 Å². The van der Waals surface area contributed by atoms with E-state index in [-0.39, 0.29) is 29.2 Å². The molecule has 2 aliphatic heterocycles. The number of anilines is 1. The summed E-state index contributed by atoms with van der Waals surface area (Å²) in [5.74, 6) is -0.442. The highest BCUT2D eigenvalue weighted by Crippen LogP contribution is 2.65. The molecule has 48 heavy (non-hydrogen) atoms. The van der Waals surface area contributed by atoms with Gasteiger partial charge in [-0.05, 0) is 89.0 Å². The predicted molar refractivity (Wildman–Crippen MR) is 179 cm³/mol. The largest absolute Gasteiger partial charge is 0.485 e. The fraction of sp³-hybridized carbons (Fsp3) is 0.533. The Kier molecular flexibility index (Phi) is 9.68. The van der Waals surface area contributed by atoms with E-state index in [1.807, 2.05) is 18.2 Å². The first-order valence-electron chi connectivity index (χ1n) is 15.1. The number of hydrogen-bond donors (Lipinski definition) is 6. The van der Waals surface area contributed by atoms with Crippen LogP contribution in [0.4, 0.5) is 5.13 Å². The molecular weight excluding hydrogens is 665 g/mol. The number of carbonyl (C=O) groups excluding carboxylic acids is 2. The van der Waals surface area contributed by atoms with E-state index in [1.54, 1.807) is 26.2 Å². The number of carboxylic acid groups (broad SMARTS) is 1. The second-order valence-electron chi connectivity index (χ2n) is 13.5. The Morgan fingerprint density at radius 1 is 1.35 bits per heavy atom. The molecule has 0 spiro atoms. The van der Waals surface area contributed by atoms with Gasteiger partial charge < -0.3 is 41.8 Å². The van der Waals surface area contributed by atoms with Gasteiger partial charge >= 0.3 is 5.97 Å². The summed E-state index contributed by atoms with van der Waals surface area (Å²) in [5.41, 5.74) is 18.8. The quantitative estimate of drug-likeness (QED) is 0.0463. The lowest BCUT2D eigenvalue weighted by atomic mass is 9.40. The predicted octanol–water partition coefficient (Wildman–Crippen LogP) is 2.06. The lowest BCUT2D eigenvalue weighted by molar-refractivity contribution is -0.213. The number of hydroxylamine groups is 2. The molecule has 0 radical (unpaired) electrons. The fourth-order valence-electron chi connectivity index (χ4n) is 6.70. The summed E-state index contributed by atoms with van der Waals surface area (Å²) in [6.07, 6.45) is 3.86. The van der Waals surface area contributed by atoms with Crippen LogP contribution in [0, 0.1) is 5.41 Å². The third-order valence-electron chi connectivity index (χ3n) is 9.39. The van der Waals surface area contributed by atoms with Gasteiger partial charge in [-0.3, -0.25) is 14.6 Å². The molecule has 260 valence electrons. The maximum Gasteiger partial charge on any atom is 0.354 e. The number of fused-ring (bicyclic) bond motifs is 1. The molecular formula is C30H40N8O8S2. The zero-order valence-corrected chi connectivity index (χ0v) is 28.6. The van der Waals surface area contributed by atoms with Crippen LogP contribution in [-0.2, 0) is 29.9 Å². The zero-order valence-electron chi connectivity index (χ0n) is 27.0. The van der Waals surface area contributed by atoms with E-state index in [0.29, 0.717) is 53.9 Å². The van der Waals surface area contributed by atoms with Gasteiger partial charge in [0.2, 0.25) is 6.41 Å². The summed E-state index contributed by atoms with van der Waals surface area (Å²) in [5, 5.41) is 19.5. The first-order chi connectivity index (χ1) is 22.6. The molecule has 2 bridgehead atoms. The topological polar surface area (TPSA) is 250 Å². The number of ether oxygens (including phenoxy) is 1. The number of hydrogen-bond acceptors (Lipinski definition) is 14. The van der Waals surface area contributed by atoms with Crippen molar-refractivity contribution < 1.29 is 37.9 Å². The highest BCUT2D eigenvalue weighted by Gasteiger charge is 2.65. The molecule has 1 aromatic carbocycles. The number of nitrogens with two attached hydrogens (primary N) is 3. The number of nitrogen functional groups attached to an aromatic ring is 1. The number of aromatic nitrogens is 1. The molecule has 3 unspecified atom stereocenters. The van der Waals surface area contributed by atoms with Crippen LogP contribution >= 0.6 is 23.7 Å². The Morgan fingerprint density at radius 2 is 2.06 bits per heavy atom. The van der Waals surface area contributed by atoms with Gasteiger partial charge in [-0.15, -0.1) is 11.3 Å². The highest BCUT2D eigenvalue weighted by molar-refractivity contribution is 7.88. The van der Waals surface area contributed by atoms with Crippen LogP contribution < -0.4 is 27.3 Å². The second kappa shape index (κ2) is 13.1. The molecule has 3 aliphatic carbocycles. The Labute approximate surface area is 285 Å². The number of amides is 2. The number of β-lactam (4-membered cyclic amide) rings is 1. The number of carbonyl (C=O) groups is 3. The molecule has 1 saturated heterocycles. The number of carboxylic acids is 1. The molecule has 9 N–H and O–H groups in total. The first kappa shape index (κ1) is 35.3. The number of aliphatic imine (C=N–C) groups is 1. The van der Waals surface area contributed by atoms with Crippen LogP contribution in [0.3, 0.4) is 0 Å². The van der Waals surface area contributed by atoms with Crippen molar-refractivity contribution in [1.29, 1.82) is 0 Å². The average molecular weight is 705 g/mol. The van der Waals surface area contributed by atoms with Crippen molar-refractivity contribution in [1.82, 2.24) is 15.4 Å². The summed E-state index contributed by atoms with van der Waals surface area (Å²) < 4.78 is 19.1. The number of rotatable bonds is 12. The number of nitrogens with zero attached hydrogens (tertiary/aromatic N) is 4. The van der Waals surface area contributed by atoms with Crippen molar-refractivity contribution in [3.63, 3.8) is 0 Å². The maximum absolute atomic E-state index is 12.2. The third kappa shape index (κ3) is 6.67. The number of nitrogens with one attached hydrogen (secondary N) is 1. The Morgan fingerprint density at radius 3 is 2.62 bits per heavy atom. The van der Waals surface area contributed by atoms with E-state index in [9.17, 15) is 19.5 Å². The smallest absolute Gasteiger partial charge is 0.354 e. The van der Waals surface area contributed by atoms with Crippen LogP contribution in [0.2, 0.25) is 0 Å². The van der Waals surface area contributed by atoms with E-state index >= 15 is 0 Å². The van der Waals surface area contributed by atoms with E-state index in [0.717, 1.165) is 35.5 Å². The molecule has 16 nitrogen and oxygen atoms in total. The lowest BCUT2D eigenvalue weighted by Crippen LogP contribution is -2.75. The molecule has 18 heteroatoms. The van der Waals surface area contributed by atoms with Crippen LogP contribution in [0.25, 0.3) is 0 Å². The van der Waals surface area contributed by atoms with Gasteiger partial charge in [0.15, 0.2) is 23.6 Å². The highest BCUT2D eigenvalue weighted by atomic mass is 32.2. The Bertz CT molecular complexity index is 1630. The minimum absolute atomic E-state index is 0.0525. The molecule has 3 atom stereocenters.